The van der Waals surface area contributed by atoms with E-state index in [2.05, 4.69) is 33.5 Å². The maximum Gasteiger partial charge on any atom is 0.251 e. The molecule has 1 saturated carbocycles. The monoisotopic (exact) mass is 392 g/mol. The minimum absolute atomic E-state index is 0.0301. The summed E-state index contributed by atoms with van der Waals surface area (Å²) in [5.74, 6) is 1.44. The van der Waals surface area contributed by atoms with Gasteiger partial charge in [-0.25, -0.2) is 0 Å². The van der Waals surface area contributed by atoms with Gasteiger partial charge in [0.2, 0.25) is 5.91 Å². The van der Waals surface area contributed by atoms with Gasteiger partial charge in [-0.05, 0) is 55.7 Å². The third-order valence-electron chi connectivity index (χ3n) is 5.41. The number of hydrogen-bond acceptors (Lipinski definition) is 2. The highest BCUT2D eigenvalue weighted by atomic mass is 79.9. The quantitative estimate of drug-likeness (QED) is 0.823. The molecule has 0 aromatic heterocycles. The summed E-state index contributed by atoms with van der Waals surface area (Å²) in [5, 5.41) is 6.15. The van der Waals surface area contributed by atoms with E-state index in [-0.39, 0.29) is 17.7 Å². The zero-order chi connectivity index (χ0) is 17.1. The number of carbonyl (C=O) groups excluding carboxylic acids is 2. The third kappa shape index (κ3) is 4.18. The van der Waals surface area contributed by atoms with E-state index in [1.807, 2.05) is 12.1 Å². The summed E-state index contributed by atoms with van der Waals surface area (Å²) in [4.78, 5) is 24.5. The van der Waals surface area contributed by atoms with Crippen LogP contribution < -0.4 is 10.6 Å². The number of carbonyl (C=O) groups is 2. The fourth-order valence-electron chi connectivity index (χ4n) is 4.02. The molecule has 4 nitrogen and oxygen atoms in total. The summed E-state index contributed by atoms with van der Waals surface area (Å²) >= 11 is 3.37. The first-order valence-electron chi connectivity index (χ1n) is 8.87. The van der Waals surface area contributed by atoms with E-state index in [4.69, 9.17) is 0 Å². The van der Waals surface area contributed by atoms with E-state index in [0.29, 0.717) is 36.4 Å². The highest BCUT2D eigenvalue weighted by Crippen LogP contribution is 2.36. The normalized spacial score (nSPS) is 29.5. The number of piperidine rings is 1. The van der Waals surface area contributed by atoms with Crippen LogP contribution in [-0.4, -0.2) is 24.4 Å². The number of nitrogens with one attached hydrogen (secondary N) is 2. The van der Waals surface area contributed by atoms with Gasteiger partial charge >= 0.3 is 0 Å². The van der Waals surface area contributed by atoms with E-state index < -0.39 is 0 Å². The van der Waals surface area contributed by atoms with Gasteiger partial charge in [0, 0.05) is 28.5 Å². The maximum atomic E-state index is 12.3. The minimum Gasteiger partial charge on any atom is -0.353 e. The average molecular weight is 393 g/mol. The summed E-state index contributed by atoms with van der Waals surface area (Å²) < 4.78 is 0.888. The first-order chi connectivity index (χ1) is 11.5. The molecule has 2 fully saturated rings. The van der Waals surface area contributed by atoms with Crippen molar-refractivity contribution >= 4 is 27.7 Å². The minimum atomic E-state index is -0.0862. The fraction of sp³-hybridized carbons (Fsp3) is 0.579. The molecule has 1 heterocycles. The van der Waals surface area contributed by atoms with Gasteiger partial charge in [-0.3, -0.25) is 9.59 Å². The SMILES string of the molecule is CC1CCC2CC(CCNC(=O)c3cccc(Br)c3)C(=O)NC2C1. The summed E-state index contributed by atoms with van der Waals surface area (Å²) in [5.41, 5.74) is 0.638. The van der Waals surface area contributed by atoms with Crippen LogP contribution in [0.4, 0.5) is 0 Å². The second kappa shape index (κ2) is 7.68. The molecule has 3 rings (SSSR count). The van der Waals surface area contributed by atoms with Gasteiger partial charge in [-0.1, -0.05) is 35.3 Å². The van der Waals surface area contributed by atoms with Crippen LogP contribution in [0.2, 0.25) is 0 Å². The van der Waals surface area contributed by atoms with Crippen LogP contribution in [0, 0.1) is 17.8 Å². The number of amides is 2. The Morgan fingerprint density at radius 1 is 1.33 bits per heavy atom. The molecule has 4 unspecified atom stereocenters. The number of rotatable bonds is 4. The van der Waals surface area contributed by atoms with Gasteiger partial charge in [-0.15, -0.1) is 0 Å². The number of fused-ring (bicyclic) bond motifs is 1. The molecule has 0 spiro atoms. The molecule has 1 saturated heterocycles. The van der Waals surface area contributed by atoms with Crippen molar-refractivity contribution < 1.29 is 9.59 Å². The Kier molecular flexibility index (Phi) is 5.59. The Bertz CT molecular complexity index is 619. The Balaban J connectivity index is 1.48. The topological polar surface area (TPSA) is 58.2 Å². The summed E-state index contributed by atoms with van der Waals surface area (Å²) in [6, 6.07) is 7.70. The van der Waals surface area contributed by atoms with Crippen LogP contribution in [0.3, 0.4) is 0 Å². The highest BCUT2D eigenvalue weighted by molar-refractivity contribution is 9.10. The van der Waals surface area contributed by atoms with Gasteiger partial charge in [0.25, 0.3) is 5.91 Å². The first kappa shape index (κ1) is 17.5. The maximum absolute atomic E-state index is 12.3. The van der Waals surface area contributed by atoms with Gasteiger partial charge < -0.3 is 10.6 Å². The third-order valence-corrected chi connectivity index (χ3v) is 5.90. The van der Waals surface area contributed by atoms with Gasteiger partial charge in [0.1, 0.15) is 0 Å². The lowest BCUT2D eigenvalue weighted by atomic mass is 9.72. The molecule has 2 N–H and O–H groups in total. The molecule has 1 aliphatic heterocycles. The standard InChI is InChI=1S/C19H25BrN2O2/c1-12-5-6-13-10-15(19(24)22-17(13)9-12)7-8-21-18(23)14-3-2-4-16(20)11-14/h2-4,11-13,15,17H,5-10H2,1H3,(H,21,23)(H,22,24). The van der Waals surface area contributed by atoms with Crippen LogP contribution >= 0.6 is 15.9 Å². The van der Waals surface area contributed by atoms with E-state index in [1.54, 1.807) is 12.1 Å². The lowest BCUT2D eigenvalue weighted by Crippen LogP contribution is -2.52. The largest absolute Gasteiger partial charge is 0.353 e. The summed E-state index contributed by atoms with van der Waals surface area (Å²) in [6.07, 6.45) is 5.28. The van der Waals surface area contributed by atoms with Crippen LogP contribution in [-0.2, 0) is 4.79 Å². The molecule has 2 amide bonds. The first-order valence-corrected chi connectivity index (χ1v) is 9.66. The molecule has 1 aromatic carbocycles. The molecular formula is C19H25BrN2O2. The van der Waals surface area contributed by atoms with Gasteiger partial charge in [0.15, 0.2) is 0 Å². The van der Waals surface area contributed by atoms with E-state index in [9.17, 15) is 9.59 Å². The van der Waals surface area contributed by atoms with E-state index in [1.165, 1.54) is 12.8 Å². The molecule has 1 aliphatic carbocycles. The zero-order valence-corrected chi connectivity index (χ0v) is 15.6. The predicted molar refractivity (Wildman–Crippen MR) is 97.6 cm³/mol. The van der Waals surface area contributed by atoms with Crippen molar-refractivity contribution in [3.05, 3.63) is 34.3 Å². The Morgan fingerprint density at radius 3 is 2.96 bits per heavy atom. The van der Waals surface area contributed by atoms with Crippen LogP contribution in [0.1, 0.15) is 49.4 Å². The molecule has 1 aromatic rings. The molecule has 2 aliphatic rings. The number of benzene rings is 1. The molecule has 5 heteroatoms. The van der Waals surface area contributed by atoms with Crippen molar-refractivity contribution in [2.24, 2.45) is 17.8 Å². The van der Waals surface area contributed by atoms with Gasteiger partial charge in [-0.2, -0.15) is 0 Å². The number of hydrogen-bond donors (Lipinski definition) is 2. The summed E-state index contributed by atoms with van der Waals surface area (Å²) in [7, 11) is 0. The predicted octanol–water partition coefficient (Wildman–Crippen LogP) is 3.51. The van der Waals surface area contributed by atoms with Crippen LogP contribution in [0.25, 0.3) is 0 Å². The second-order valence-corrected chi connectivity index (χ2v) is 8.20. The smallest absolute Gasteiger partial charge is 0.251 e. The lowest BCUT2D eigenvalue weighted by Gasteiger charge is -2.41. The molecule has 0 radical (unpaired) electrons. The van der Waals surface area contributed by atoms with Crippen molar-refractivity contribution in [2.45, 2.75) is 45.1 Å². The van der Waals surface area contributed by atoms with Crippen molar-refractivity contribution in [3.8, 4) is 0 Å². The molecule has 130 valence electrons. The fourth-order valence-corrected chi connectivity index (χ4v) is 4.42. The van der Waals surface area contributed by atoms with E-state index >= 15 is 0 Å². The van der Waals surface area contributed by atoms with Crippen molar-refractivity contribution in [1.29, 1.82) is 0 Å². The Hall–Kier alpha value is -1.36. The van der Waals surface area contributed by atoms with Crippen molar-refractivity contribution in [2.75, 3.05) is 6.54 Å². The van der Waals surface area contributed by atoms with Crippen LogP contribution in [0.5, 0.6) is 0 Å². The van der Waals surface area contributed by atoms with Crippen molar-refractivity contribution in [1.82, 2.24) is 10.6 Å². The van der Waals surface area contributed by atoms with Crippen LogP contribution in [0.15, 0.2) is 28.7 Å². The van der Waals surface area contributed by atoms with Gasteiger partial charge in [0.05, 0.1) is 0 Å². The van der Waals surface area contributed by atoms with Crippen molar-refractivity contribution in [3.63, 3.8) is 0 Å². The molecule has 0 bridgehead atoms. The van der Waals surface area contributed by atoms with E-state index in [0.717, 1.165) is 17.3 Å². The molecule has 24 heavy (non-hydrogen) atoms. The molecular weight excluding hydrogens is 368 g/mol. The Labute approximate surface area is 151 Å². The molecule has 4 atom stereocenters. The zero-order valence-electron chi connectivity index (χ0n) is 14.1. The highest BCUT2D eigenvalue weighted by Gasteiger charge is 2.38. The Morgan fingerprint density at radius 2 is 2.17 bits per heavy atom. The second-order valence-electron chi connectivity index (χ2n) is 7.28. The lowest BCUT2D eigenvalue weighted by molar-refractivity contribution is -0.130. The summed E-state index contributed by atoms with van der Waals surface area (Å²) in [6.45, 7) is 2.81. The average Bonchev–Trinajstić information content (AvgIpc) is 2.55. The number of halogens is 1.